The monoisotopic (exact) mass is 439 g/mol. The highest BCUT2D eigenvalue weighted by Gasteiger charge is 2.33. The number of carbonyl (C=O) groups is 1. The number of sulfonamides is 1. The van der Waals surface area contributed by atoms with Crippen molar-refractivity contribution in [2.45, 2.75) is 18.1 Å². The average molecular weight is 439 g/mol. The molecule has 0 saturated heterocycles. The number of hydrogen-bond acceptors (Lipinski definition) is 6. The number of carbonyl (C=O) groups excluding carboxylic acids is 1. The number of anilines is 1. The first-order valence-electron chi connectivity index (χ1n) is 8.55. The van der Waals surface area contributed by atoms with Crippen molar-refractivity contribution in [1.29, 1.82) is 0 Å². The summed E-state index contributed by atoms with van der Waals surface area (Å²) in [5.41, 5.74) is 1.99. The van der Waals surface area contributed by atoms with Crippen LogP contribution in [0.25, 0.3) is 0 Å². The van der Waals surface area contributed by atoms with Crippen LogP contribution in [-0.4, -0.2) is 38.4 Å². The zero-order valence-corrected chi connectivity index (χ0v) is 16.5. The fourth-order valence-electron chi connectivity index (χ4n) is 2.95. The van der Waals surface area contributed by atoms with Crippen LogP contribution in [0.1, 0.15) is 15.9 Å². The first-order chi connectivity index (χ1) is 13.8. The zero-order chi connectivity index (χ0) is 20.6. The van der Waals surface area contributed by atoms with Crippen LogP contribution in [0.5, 0.6) is 5.75 Å². The molecule has 11 heteroatoms. The van der Waals surface area contributed by atoms with Crippen LogP contribution in [-0.2, 0) is 16.6 Å². The molecule has 7 nitrogen and oxygen atoms in total. The smallest absolute Gasteiger partial charge is 0.387 e. The molecular weight excluding hydrogens is 424 g/mol. The van der Waals surface area contributed by atoms with Crippen molar-refractivity contribution in [1.82, 2.24) is 5.32 Å². The highest BCUT2D eigenvalue weighted by atomic mass is 32.2. The second-order valence-corrected chi connectivity index (χ2v) is 9.06. The number of hydrogen-bond donors (Lipinski definition) is 1. The lowest BCUT2D eigenvalue weighted by Crippen LogP contribution is -2.35. The molecular formula is C18H15F2N3O4S2. The summed E-state index contributed by atoms with van der Waals surface area (Å²) < 4.78 is 55.8. The lowest BCUT2D eigenvalue weighted by Gasteiger charge is -2.22. The standard InChI is InChI=1S/C18H15F2N3O4S2/c19-17(20)27-13-4-1-11(2-5-13)10-21-16(24)12-3-6-14-15(9-12)28-18-22-29(25,26)8-7-23(14)18/h1-6,9,17H,7-8,10H2,(H,21,24). The molecule has 2 heterocycles. The Morgan fingerprint density at radius 3 is 2.72 bits per heavy atom. The Bertz CT molecular complexity index is 1090. The van der Waals surface area contributed by atoms with Gasteiger partial charge < -0.3 is 15.0 Å². The first kappa shape index (κ1) is 19.6. The van der Waals surface area contributed by atoms with Crippen molar-refractivity contribution >= 4 is 38.5 Å². The van der Waals surface area contributed by atoms with Crippen LogP contribution in [0, 0.1) is 0 Å². The first-order valence-corrected chi connectivity index (χ1v) is 11.0. The maximum absolute atomic E-state index is 12.5. The van der Waals surface area contributed by atoms with Crippen molar-refractivity contribution < 1.29 is 26.7 Å². The van der Waals surface area contributed by atoms with Crippen molar-refractivity contribution in [3.63, 3.8) is 0 Å². The van der Waals surface area contributed by atoms with E-state index >= 15 is 0 Å². The number of alkyl halides is 2. The average Bonchev–Trinajstić information content (AvgIpc) is 3.02. The van der Waals surface area contributed by atoms with Gasteiger partial charge in [0.25, 0.3) is 15.9 Å². The molecule has 2 aliphatic heterocycles. The van der Waals surface area contributed by atoms with Gasteiger partial charge in [0.05, 0.1) is 11.4 Å². The van der Waals surface area contributed by atoms with Crippen LogP contribution in [0.15, 0.2) is 51.8 Å². The molecule has 2 aromatic rings. The van der Waals surface area contributed by atoms with E-state index in [1.54, 1.807) is 30.3 Å². The van der Waals surface area contributed by atoms with Gasteiger partial charge in [0.15, 0.2) is 5.17 Å². The third-order valence-electron chi connectivity index (χ3n) is 4.34. The summed E-state index contributed by atoms with van der Waals surface area (Å²) in [4.78, 5) is 15.1. The van der Waals surface area contributed by atoms with E-state index in [1.807, 2.05) is 4.90 Å². The van der Waals surface area contributed by atoms with Crippen LogP contribution in [0.4, 0.5) is 14.5 Å². The van der Waals surface area contributed by atoms with E-state index in [-0.39, 0.29) is 24.0 Å². The van der Waals surface area contributed by atoms with Crippen LogP contribution in [0.3, 0.4) is 0 Å². The third-order valence-corrected chi connectivity index (χ3v) is 6.64. The number of thioether (sulfide) groups is 1. The molecule has 2 aromatic carbocycles. The largest absolute Gasteiger partial charge is 0.435 e. The number of halogens is 2. The fraction of sp³-hybridized carbons (Fsp3) is 0.222. The second-order valence-electron chi connectivity index (χ2n) is 6.30. The molecule has 152 valence electrons. The van der Waals surface area contributed by atoms with Gasteiger partial charge in [-0.2, -0.15) is 8.78 Å². The van der Waals surface area contributed by atoms with E-state index in [9.17, 15) is 22.0 Å². The van der Waals surface area contributed by atoms with Crippen LogP contribution < -0.4 is 15.0 Å². The molecule has 1 N–H and O–H groups in total. The van der Waals surface area contributed by atoms with Gasteiger partial charge >= 0.3 is 6.61 Å². The molecule has 1 amide bonds. The van der Waals surface area contributed by atoms with Gasteiger partial charge in [-0.05, 0) is 47.7 Å². The van der Waals surface area contributed by atoms with E-state index in [2.05, 4.69) is 14.5 Å². The number of benzene rings is 2. The minimum Gasteiger partial charge on any atom is -0.435 e. The van der Waals surface area contributed by atoms with Crippen molar-refractivity contribution in [2.75, 3.05) is 17.2 Å². The maximum Gasteiger partial charge on any atom is 0.387 e. The molecule has 2 aliphatic rings. The quantitative estimate of drug-likeness (QED) is 0.771. The molecule has 0 aliphatic carbocycles. The Morgan fingerprint density at radius 1 is 1.24 bits per heavy atom. The van der Waals surface area contributed by atoms with Gasteiger partial charge in [-0.15, -0.1) is 4.40 Å². The van der Waals surface area contributed by atoms with Crippen molar-refractivity contribution in [3.8, 4) is 5.75 Å². The Morgan fingerprint density at radius 2 is 2.00 bits per heavy atom. The summed E-state index contributed by atoms with van der Waals surface area (Å²) in [6.07, 6.45) is 0. The molecule has 4 rings (SSSR count). The van der Waals surface area contributed by atoms with Gasteiger partial charge in [-0.1, -0.05) is 12.1 Å². The highest BCUT2D eigenvalue weighted by Crippen LogP contribution is 2.42. The minimum absolute atomic E-state index is 0.0418. The van der Waals surface area contributed by atoms with E-state index < -0.39 is 16.6 Å². The minimum atomic E-state index is -3.43. The van der Waals surface area contributed by atoms with Crippen molar-refractivity contribution in [3.05, 3.63) is 53.6 Å². The Kier molecular flexibility index (Phi) is 5.17. The molecule has 0 unspecified atom stereocenters. The van der Waals surface area contributed by atoms with Gasteiger partial charge in [0.1, 0.15) is 5.75 Å². The number of ether oxygens (including phenoxy) is 1. The topological polar surface area (TPSA) is 88.1 Å². The molecule has 0 bridgehead atoms. The number of nitrogens with one attached hydrogen (secondary N) is 1. The van der Waals surface area contributed by atoms with Gasteiger partial charge in [-0.3, -0.25) is 4.79 Å². The van der Waals surface area contributed by atoms with Gasteiger partial charge in [-0.25, -0.2) is 8.42 Å². The lowest BCUT2D eigenvalue weighted by atomic mass is 10.1. The lowest BCUT2D eigenvalue weighted by molar-refractivity contribution is -0.0498. The summed E-state index contributed by atoms with van der Waals surface area (Å²) in [6, 6.07) is 11.1. The predicted molar refractivity (Wildman–Crippen MR) is 105 cm³/mol. The Balaban J connectivity index is 1.42. The highest BCUT2D eigenvalue weighted by molar-refractivity contribution is 8.15. The maximum atomic E-state index is 12.5. The van der Waals surface area contributed by atoms with Gasteiger partial charge in [0, 0.05) is 23.5 Å². The summed E-state index contributed by atoms with van der Waals surface area (Å²) in [7, 11) is -3.43. The molecule has 0 spiro atoms. The zero-order valence-electron chi connectivity index (χ0n) is 14.8. The molecule has 0 radical (unpaired) electrons. The van der Waals surface area contributed by atoms with Crippen LogP contribution in [0.2, 0.25) is 0 Å². The summed E-state index contributed by atoms with van der Waals surface area (Å²) in [5, 5.41) is 3.16. The van der Waals surface area contributed by atoms with Crippen LogP contribution >= 0.6 is 11.8 Å². The van der Waals surface area contributed by atoms with E-state index in [0.29, 0.717) is 17.3 Å². The van der Waals surface area contributed by atoms with Crippen molar-refractivity contribution in [2.24, 2.45) is 4.40 Å². The van der Waals surface area contributed by atoms with E-state index in [0.717, 1.165) is 16.1 Å². The molecule has 0 aromatic heterocycles. The van der Waals surface area contributed by atoms with E-state index in [1.165, 1.54) is 23.9 Å². The number of amides is 1. The number of amidine groups is 1. The number of rotatable bonds is 5. The second kappa shape index (κ2) is 7.64. The fourth-order valence-corrected chi connectivity index (χ4v) is 5.24. The Labute approximate surface area is 169 Å². The summed E-state index contributed by atoms with van der Waals surface area (Å²) in [6.45, 7) is -2.34. The Hall–Kier alpha value is -2.66. The normalized spacial score (nSPS) is 16.8. The van der Waals surface area contributed by atoms with E-state index in [4.69, 9.17) is 0 Å². The predicted octanol–water partition coefficient (Wildman–Crippen LogP) is 2.83. The molecule has 29 heavy (non-hydrogen) atoms. The SMILES string of the molecule is O=C(NCc1ccc(OC(F)F)cc1)c1ccc2c(c1)SC1=NS(=O)(=O)CCN12. The van der Waals surface area contributed by atoms with Gasteiger partial charge in [0.2, 0.25) is 0 Å². The number of fused-ring (bicyclic) bond motifs is 3. The molecule has 0 saturated carbocycles. The third kappa shape index (κ3) is 4.35. The molecule has 0 atom stereocenters. The molecule has 0 fully saturated rings. The summed E-state index contributed by atoms with van der Waals surface area (Å²) >= 11 is 1.22. The number of nitrogens with zero attached hydrogens (tertiary/aromatic N) is 2. The summed E-state index contributed by atoms with van der Waals surface area (Å²) in [5.74, 6) is -0.298.